The van der Waals surface area contributed by atoms with E-state index in [0.29, 0.717) is 18.4 Å². The van der Waals surface area contributed by atoms with E-state index in [-0.39, 0.29) is 0 Å². The van der Waals surface area contributed by atoms with Crippen LogP contribution in [-0.4, -0.2) is 11.7 Å². The van der Waals surface area contributed by atoms with Crippen LogP contribution in [0.1, 0.15) is 13.3 Å². The van der Waals surface area contributed by atoms with Gasteiger partial charge in [-0.2, -0.15) is 0 Å². The molecule has 0 aromatic carbocycles. The Morgan fingerprint density at radius 1 is 1.40 bits per heavy atom. The third-order valence-corrected chi connectivity index (χ3v) is 3.26. The van der Waals surface area contributed by atoms with Gasteiger partial charge in [0.25, 0.3) is 0 Å². The molecule has 10 heavy (non-hydrogen) atoms. The minimum Gasteiger partial charge on any atom is -0.396 e. The van der Waals surface area contributed by atoms with Crippen LogP contribution in [-0.2, 0) is 0 Å². The first-order valence-corrected chi connectivity index (χ1v) is 4.12. The lowest BCUT2D eigenvalue weighted by Gasteiger charge is -2.21. The SMILES string of the molecule is C[C@@H]1[C@H](CO)[C@@H]2C=C[C@H]1C2. The van der Waals surface area contributed by atoms with Crippen molar-refractivity contribution < 1.29 is 5.11 Å². The molecular formula is C9H14O. The van der Waals surface area contributed by atoms with Crippen molar-refractivity contribution in [3.05, 3.63) is 12.2 Å². The number of rotatable bonds is 1. The van der Waals surface area contributed by atoms with Crippen molar-refractivity contribution in [2.45, 2.75) is 13.3 Å². The van der Waals surface area contributed by atoms with E-state index in [1.54, 1.807) is 0 Å². The molecule has 2 bridgehead atoms. The minimum absolute atomic E-state index is 0.382. The Balaban J connectivity index is 2.18. The Labute approximate surface area is 61.8 Å². The number of aliphatic hydroxyl groups is 1. The molecule has 0 radical (unpaired) electrons. The van der Waals surface area contributed by atoms with E-state index in [1.165, 1.54) is 6.42 Å². The Hall–Kier alpha value is -0.300. The molecule has 1 N–H and O–H groups in total. The fourth-order valence-corrected chi connectivity index (χ4v) is 2.47. The maximum absolute atomic E-state index is 9.02. The van der Waals surface area contributed by atoms with Gasteiger partial charge in [0.1, 0.15) is 0 Å². The third kappa shape index (κ3) is 0.671. The first-order chi connectivity index (χ1) is 4.83. The summed E-state index contributed by atoms with van der Waals surface area (Å²) in [6.45, 7) is 2.64. The van der Waals surface area contributed by atoms with Crippen molar-refractivity contribution in [3.63, 3.8) is 0 Å². The van der Waals surface area contributed by atoms with E-state index < -0.39 is 0 Å². The van der Waals surface area contributed by atoms with Gasteiger partial charge in [-0.05, 0) is 30.1 Å². The number of fused-ring (bicyclic) bond motifs is 2. The van der Waals surface area contributed by atoms with Crippen LogP contribution < -0.4 is 0 Å². The number of hydrogen-bond donors (Lipinski definition) is 1. The second-order valence-corrected chi connectivity index (χ2v) is 3.65. The molecule has 0 aromatic rings. The maximum Gasteiger partial charge on any atom is 0.0467 e. The number of allylic oxidation sites excluding steroid dienone is 2. The molecule has 0 heterocycles. The molecule has 1 fully saturated rings. The standard InChI is InChI=1S/C9H14O/c1-6-7-2-3-8(4-7)9(6)5-10/h2-3,6-10H,4-5H2,1H3/t6-,7-,8+,9-/m0/s1. The zero-order chi connectivity index (χ0) is 7.14. The summed E-state index contributed by atoms with van der Waals surface area (Å²) in [7, 11) is 0. The van der Waals surface area contributed by atoms with Gasteiger partial charge in [0, 0.05) is 6.61 Å². The second-order valence-electron chi connectivity index (χ2n) is 3.65. The summed E-state index contributed by atoms with van der Waals surface area (Å²) in [5.41, 5.74) is 0. The van der Waals surface area contributed by atoms with Crippen molar-refractivity contribution in [2.24, 2.45) is 23.7 Å². The van der Waals surface area contributed by atoms with Crippen LogP contribution in [0.2, 0.25) is 0 Å². The van der Waals surface area contributed by atoms with Gasteiger partial charge in [-0.25, -0.2) is 0 Å². The van der Waals surface area contributed by atoms with Gasteiger partial charge < -0.3 is 5.11 Å². The molecule has 1 nitrogen and oxygen atoms in total. The number of aliphatic hydroxyl groups excluding tert-OH is 1. The lowest BCUT2D eigenvalue weighted by molar-refractivity contribution is 0.172. The van der Waals surface area contributed by atoms with Crippen LogP contribution in [0.15, 0.2) is 12.2 Å². The van der Waals surface area contributed by atoms with Gasteiger partial charge in [-0.15, -0.1) is 0 Å². The first kappa shape index (κ1) is 6.41. The van der Waals surface area contributed by atoms with Gasteiger partial charge in [-0.1, -0.05) is 19.1 Å². The fourth-order valence-electron chi connectivity index (χ4n) is 2.47. The zero-order valence-corrected chi connectivity index (χ0v) is 6.33. The highest BCUT2D eigenvalue weighted by Crippen LogP contribution is 2.47. The molecule has 56 valence electrons. The molecule has 2 rings (SSSR count). The van der Waals surface area contributed by atoms with E-state index >= 15 is 0 Å². The predicted octanol–water partition coefficient (Wildman–Crippen LogP) is 1.44. The quantitative estimate of drug-likeness (QED) is 0.543. The highest BCUT2D eigenvalue weighted by Gasteiger charge is 2.40. The monoisotopic (exact) mass is 138 g/mol. The first-order valence-electron chi connectivity index (χ1n) is 4.12. The third-order valence-electron chi connectivity index (χ3n) is 3.26. The van der Waals surface area contributed by atoms with Crippen molar-refractivity contribution >= 4 is 0 Å². The van der Waals surface area contributed by atoms with Crippen LogP contribution >= 0.6 is 0 Å². The Morgan fingerprint density at radius 3 is 2.50 bits per heavy atom. The molecule has 1 saturated carbocycles. The van der Waals surface area contributed by atoms with Gasteiger partial charge in [0.05, 0.1) is 0 Å². The summed E-state index contributed by atoms with van der Waals surface area (Å²) in [5, 5.41) is 9.02. The summed E-state index contributed by atoms with van der Waals surface area (Å²) < 4.78 is 0. The van der Waals surface area contributed by atoms with Gasteiger partial charge >= 0.3 is 0 Å². The molecule has 1 heteroatoms. The molecule has 2 aliphatic carbocycles. The van der Waals surface area contributed by atoms with Crippen molar-refractivity contribution in [2.75, 3.05) is 6.61 Å². The van der Waals surface area contributed by atoms with Crippen molar-refractivity contribution in [1.29, 1.82) is 0 Å². The molecular weight excluding hydrogens is 124 g/mol. The normalized spacial score (nSPS) is 50.6. The van der Waals surface area contributed by atoms with Gasteiger partial charge in [0.2, 0.25) is 0 Å². The van der Waals surface area contributed by atoms with Crippen LogP contribution in [0.3, 0.4) is 0 Å². The molecule has 0 amide bonds. The molecule has 0 saturated heterocycles. The fraction of sp³-hybridized carbons (Fsp3) is 0.778. The molecule has 0 aliphatic heterocycles. The second kappa shape index (κ2) is 2.09. The summed E-state index contributed by atoms with van der Waals surface area (Å²) in [4.78, 5) is 0. The Bertz CT molecular complexity index is 162. The molecule has 0 aromatic heterocycles. The Kier molecular flexibility index (Phi) is 1.34. The lowest BCUT2D eigenvalue weighted by Crippen LogP contribution is -2.19. The summed E-state index contributed by atoms with van der Waals surface area (Å²) >= 11 is 0. The molecule has 0 spiro atoms. The summed E-state index contributed by atoms with van der Waals surface area (Å²) in [6.07, 6.45) is 5.90. The predicted molar refractivity (Wildman–Crippen MR) is 40.5 cm³/mol. The lowest BCUT2D eigenvalue weighted by atomic mass is 9.85. The molecule has 2 aliphatic rings. The largest absolute Gasteiger partial charge is 0.396 e. The highest BCUT2D eigenvalue weighted by molar-refractivity contribution is 5.12. The molecule has 4 atom stereocenters. The van der Waals surface area contributed by atoms with E-state index in [4.69, 9.17) is 5.11 Å². The summed E-state index contributed by atoms with van der Waals surface area (Å²) in [5.74, 6) is 2.77. The van der Waals surface area contributed by atoms with E-state index in [2.05, 4.69) is 19.1 Å². The van der Waals surface area contributed by atoms with Gasteiger partial charge in [-0.3, -0.25) is 0 Å². The van der Waals surface area contributed by atoms with Crippen LogP contribution in [0, 0.1) is 23.7 Å². The minimum atomic E-state index is 0.382. The topological polar surface area (TPSA) is 20.2 Å². The smallest absolute Gasteiger partial charge is 0.0467 e. The highest BCUT2D eigenvalue weighted by atomic mass is 16.3. The van der Waals surface area contributed by atoms with Crippen molar-refractivity contribution in [3.8, 4) is 0 Å². The summed E-state index contributed by atoms with van der Waals surface area (Å²) in [6, 6.07) is 0. The van der Waals surface area contributed by atoms with Crippen molar-refractivity contribution in [1.82, 2.24) is 0 Å². The molecule has 0 unspecified atom stereocenters. The van der Waals surface area contributed by atoms with E-state index in [9.17, 15) is 0 Å². The average molecular weight is 138 g/mol. The number of hydrogen-bond acceptors (Lipinski definition) is 1. The zero-order valence-electron chi connectivity index (χ0n) is 6.33. The average Bonchev–Trinajstić information content (AvgIpc) is 2.46. The van der Waals surface area contributed by atoms with Crippen LogP contribution in [0.4, 0.5) is 0 Å². The van der Waals surface area contributed by atoms with Gasteiger partial charge in [0.15, 0.2) is 0 Å². The van der Waals surface area contributed by atoms with Crippen LogP contribution in [0.5, 0.6) is 0 Å². The van der Waals surface area contributed by atoms with Crippen LogP contribution in [0.25, 0.3) is 0 Å². The maximum atomic E-state index is 9.02. The Morgan fingerprint density at radius 2 is 2.10 bits per heavy atom. The van der Waals surface area contributed by atoms with E-state index in [1.807, 2.05) is 0 Å². The van der Waals surface area contributed by atoms with E-state index in [0.717, 1.165) is 11.8 Å².